The van der Waals surface area contributed by atoms with Crippen molar-refractivity contribution >= 4 is 12.0 Å². The van der Waals surface area contributed by atoms with Crippen LogP contribution in [-0.4, -0.2) is 37.2 Å². The number of ether oxygens (including phenoxy) is 2. The summed E-state index contributed by atoms with van der Waals surface area (Å²) >= 11 is 0. The molecule has 0 fully saturated rings. The maximum absolute atomic E-state index is 13.0. The fraction of sp³-hybridized carbons (Fsp3) is 0.333. The van der Waals surface area contributed by atoms with Crippen LogP contribution in [0.25, 0.3) is 0 Å². The fourth-order valence-electron chi connectivity index (χ4n) is 3.47. The van der Waals surface area contributed by atoms with Gasteiger partial charge >= 0.3 is 12.0 Å². The first kappa shape index (κ1) is 21.4. The topological polar surface area (TPSA) is 67.9 Å². The fourth-order valence-corrected chi connectivity index (χ4v) is 3.47. The number of carbonyl (C=O) groups is 2. The first-order valence-electron chi connectivity index (χ1n) is 10.0. The van der Waals surface area contributed by atoms with Crippen molar-refractivity contribution in [1.82, 2.24) is 10.2 Å². The predicted molar refractivity (Wildman–Crippen MR) is 115 cm³/mol. The lowest BCUT2D eigenvalue weighted by Crippen LogP contribution is -2.48. The van der Waals surface area contributed by atoms with Gasteiger partial charge in [-0.15, -0.1) is 0 Å². The predicted octanol–water partition coefficient (Wildman–Crippen LogP) is 4.20. The first-order chi connectivity index (χ1) is 14.3. The van der Waals surface area contributed by atoms with Gasteiger partial charge in [0.25, 0.3) is 0 Å². The van der Waals surface area contributed by atoms with Gasteiger partial charge in [-0.3, -0.25) is 4.90 Å². The molecule has 1 aliphatic rings. The van der Waals surface area contributed by atoms with E-state index in [9.17, 15) is 9.59 Å². The number of rotatable bonds is 6. The van der Waals surface area contributed by atoms with E-state index in [2.05, 4.69) is 5.32 Å². The minimum absolute atomic E-state index is 0.0719. The highest BCUT2D eigenvalue weighted by molar-refractivity contribution is 5.95. The molecule has 0 saturated heterocycles. The number of carbonyl (C=O) groups excluding carboxylic acids is 2. The van der Waals surface area contributed by atoms with Gasteiger partial charge in [0.2, 0.25) is 0 Å². The number of nitrogens with one attached hydrogen (secondary N) is 1. The Hall–Kier alpha value is -3.28. The molecule has 1 heterocycles. The van der Waals surface area contributed by atoms with Gasteiger partial charge in [0, 0.05) is 7.05 Å². The quantitative estimate of drug-likeness (QED) is 0.728. The standard InChI is InChI=1S/C24H28N2O4/c1-6-29-23(27)21-20(14-30-18-11-8-15(2)9-12-18)26(5)24(28)25-22(21)19-13-16(3)7-10-17(19)4/h7-13,22H,6,14H2,1-5H3,(H,25,28). The Kier molecular flexibility index (Phi) is 6.45. The highest BCUT2D eigenvalue weighted by Gasteiger charge is 2.37. The Morgan fingerprint density at radius 3 is 2.40 bits per heavy atom. The average molecular weight is 408 g/mol. The molecule has 0 radical (unpaired) electrons. The summed E-state index contributed by atoms with van der Waals surface area (Å²) in [4.78, 5) is 27.1. The van der Waals surface area contributed by atoms with Gasteiger partial charge in [0.1, 0.15) is 12.4 Å². The molecular weight excluding hydrogens is 380 g/mol. The minimum atomic E-state index is -0.607. The summed E-state index contributed by atoms with van der Waals surface area (Å²) in [5.41, 5.74) is 4.90. The normalized spacial score (nSPS) is 16.4. The second-order valence-corrected chi connectivity index (χ2v) is 7.48. The summed E-state index contributed by atoms with van der Waals surface area (Å²) < 4.78 is 11.3. The number of hydrogen-bond donors (Lipinski definition) is 1. The van der Waals surface area contributed by atoms with Crippen LogP contribution in [-0.2, 0) is 9.53 Å². The van der Waals surface area contributed by atoms with Crippen molar-refractivity contribution < 1.29 is 19.1 Å². The number of hydrogen-bond acceptors (Lipinski definition) is 4. The van der Waals surface area contributed by atoms with Gasteiger partial charge in [0.15, 0.2) is 0 Å². The number of benzene rings is 2. The zero-order valence-corrected chi connectivity index (χ0v) is 18.1. The summed E-state index contributed by atoms with van der Waals surface area (Å²) in [5.74, 6) is 0.205. The SMILES string of the molecule is CCOC(=O)C1=C(COc2ccc(C)cc2)N(C)C(=O)NC1c1cc(C)ccc1C. The molecule has 158 valence electrons. The van der Waals surface area contributed by atoms with Crippen molar-refractivity contribution in [3.05, 3.63) is 76.0 Å². The van der Waals surface area contributed by atoms with E-state index in [1.54, 1.807) is 14.0 Å². The van der Waals surface area contributed by atoms with Gasteiger partial charge < -0.3 is 14.8 Å². The average Bonchev–Trinajstić information content (AvgIpc) is 2.72. The second kappa shape index (κ2) is 9.03. The van der Waals surface area contributed by atoms with Crippen molar-refractivity contribution in [2.45, 2.75) is 33.7 Å². The van der Waals surface area contributed by atoms with Crippen LogP contribution in [0.4, 0.5) is 4.79 Å². The minimum Gasteiger partial charge on any atom is -0.487 e. The third-order valence-corrected chi connectivity index (χ3v) is 5.21. The van der Waals surface area contributed by atoms with Crippen molar-refractivity contribution in [2.24, 2.45) is 0 Å². The van der Waals surface area contributed by atoms with Crippen molar-refractivity contribution in [1.29, 1.82) is 0 Å². The summed E-state index contributed by atoms with van der Waals surface area (Å²) in [6.45, 7) is 8.02. The van der Waals surface area contributed by atoms with E-state index in [1.807, 2.05) is 63.2 Å². The highest BCUT2D eigenvalue weighted by atomic mass is 16.5. The lowest BCUT2D eigenvalue weighted by Gasteiger charge is -2.35. The first-order valence-corrected chi connectivity index (χ1v) is 10.0. The summed E-state index contributed by atoms with van der Waals surface area (Å²) in [6, 6.07) is 12.7. The van der Waals surface area contributed by atoms with Crippen molar-refractivity contribution in [2.75, 3.05) is 20.3 Å². The van der Waals surface area contributed by atoms with E-state index in [0.717, 1.165) is 22.3 Å². The van der Waals surface area contributed by atoms with Crippen LogP contribution >= 0.6 is 0 Å². The molecule has 1 aliphatic heterocycles. The molecule has 6 heteroatoms. The molecule has 2 aromatic rings. The van der Waals surface area contributed by atoms with Crippen LogP contribution in [0.2, 0.25) is 0 Å². The molecule has 1 unspecified atom stereocenters. The lowest BCUT2D eigenvalue weighted by molar-refractivity contribution is -0.139. The molecule has 1 N–H and O–H groups in total. The monoisotopic (exact) mass is 408 g/mol. The Bertz CT molecular complexity index is 979. The molecule has 0 bridgehead atoms. The highest BCUT2D eigenvalue weighted by Crippen LogP contribution is 2.33. The van der Waals surface area contributed by atoms with E-state index >= 15 is 0 Å². The van der Waals surface area contributed by atoms with E-state index in [0.29, 0.717) is 17.0 Å². The molecule has 30 heavy (non-hydrogen) atoms. The number of urea groups is 1. The van der Waals surface area contributed by atoms with Gasteiger partial charge in [-0.2, -0.15) is 0 Å². The largest absolute Gasteiger partial charge is 0.487 e. The third kappa shape index (κ3) is 4.48. The Morgan fingerprint density at radius 2 is 1.73 bits per heavy atom. The summed E-state index contributed by atoms with van der Waals surface area (Å²) in [7, 11) is 1.63. The number of likely N-dealkylation sites (N-methyl/N-ethyl adjacent to an activating group) is 1. The Labute approximate surface area is 177 Å². The van der Waals surface area contributed by atoms with E-state index < -0.39 is 12.0 Å². The second-order valence-electron chi connectivity index (χ2n) is 7.48. The molecular formula is C24H28N2O4. The third-order valence-electron chi connectivity index (χ3n) is 5.21. The van der Waals surface area contributed by atoms with Crippen LogP contribution in [0.1, 0.15) is 35.2 Å². The molecule has 0 aliphatic carbocycles. The number of aryl methyl sites for hydroxylation is 3. The van der Waals surface area contributed by atoms with E-state index in [-0.39, 0.29) is 19.2 Å². The maximum atomic E-state index is 13.0. The van der Waals surface area contributed by atoms with E-state index in [1.165, 1.54) is 4.90 Å². The summed E-state index contributed by atoms with van der Waals surface area (Å²) in [5, 5.41) is 2.95. The summed E-state index contributed by atoms with van der Waals surface area (Å²) in [6.07, 6.45) is 0. The zero-order chi connectivity index (χ0) is 21.8. The van der Waals surface area contributed by atoms with Gasteiger partial charge in [-0.1, -0.05) is 41.5 Å². The molecule has 0 aromatic heterocycles. The zero-order valence-electron chi connectivity index (χ0n) is 18.1. The van der Waals surface area contributed by atoms with Crippen LogP contribution in [0.15, 0.2) is 53.7 Å². The van der Waals surface area contributed by atoms with Crippen LogP contribution in [0, 0.1) is 20.8 Å². The molecule has 0 saturated carbocycles. The Balaban J connectivity index is 2.06. The molecule has 1 atom stereocenters. The van der Waals surface area contributed by atoms with Gasteiger partial charge in [0.05, 0.1) is 23.9 Å². The van der Waals surface area contributed by atoms with Crippen LogP contribution in [0.5, 0.6) is 5.75 Å². The number of amides is 2. The smallest absolute Gasteiger partial charge is 0.338 e. The van der Waals surface area contributed by atoms with Crippen molar-refractivity contribution in [3.63, 3.8) is 0 Å². The lowest BCUT2D eigenvalue weighted by atomic mass is 9.90. The molecule has 6 nitrogen and oxygen atoms in total. The van der Waals surface area contributed by atoms with E-state index in [4.69, 9.17) is 9.47 Å². The Morgan fingerprint density at radius 1 is 1.07 bits per heavy atom. The molecule has 0 spiro atoms. The van der Waals surface area contributed by atoms with Crippen LogP contribution < -0.4 is 10.1 Å². The van der Waals surface area contributed by atoms with Gasteiger partial charge in [-0.25, -0.2) is 9.59 Å². The number of esters is 1. The maximum Gasteiger partial charge on any atom is 0.338 e. The van der Waals surface area contributed by atoms with Gasteiger partial charge in [-0.05, 0) is 51.0 Å². The van der Waals surface area contributed by atoms with Crippen LogP contribution in [0.3, 0.4) is 0 Å². The molecule has 2 amide bonds. The van der Waals surface area contributed by atoms with Crippen molar-refractivity contribution in [3.8, 4) is 5.75 Å². The number of nitrogens with zero attached hydrogens (tertiary/aromatic N) is 1. The molecule has 3 rings (SSSR count). The molecule has 2 aromatic carbocycles.